The number of ether oxygens (including phenoxy) is 3. The maximum absolute atomic E-state index is 12.3. The summed E-state index contributed by atoms with van der Waals surface area (Å²) in [5, 5.41) is 0.249. The van der Waals surface area contributed by atoms with Crippen molar-refractivity contribution in [2.75, 3.05) is 21.2 Å². The summed E-state index contributed by atoms with van der Waals surface area (Å²) in [5.41, 5.74) is 1.29. The summed E-state index contributed by atoms with van der Waals surface area (Å²) in [7, 11) is 5.52. The lowest BCUT2D eigenvalue weighted by Gasteiger charge is -2.39. The molecule has 1 aromatic rings. The Hall–Kier alpha value is -1.79. The average molecular weight is 410 g/mol. The van der Waals surface area contributed by atoms with E-state index in [4.69, 9.17) is 25.8 Å². The first kappa shape index (κ1) is 20.9. The number of methoxy groups -OCH3 is 1. The van der Waals surface area contributed by atoms with Crippen molar-refractivity contribution in [2.24, 2.45) is 5.92 Å². The molecule has 6 nitrogen and oxygen atoms in total. The molecule has 0 bridgehead atoms. The first-order valence-corrected chi connectivity index (χ1v) is 10.0. The second-order valence-electron chi connectivity index (χ2n) is 8.00. The molecule has 2 aliphatic rings. The van der Waals surface area contributed by atoms with Crippen LogP contribution >= 0.6 is 11.6 Å². The zero-order valence-corrected chi connectivity index (χ0v) is 17.9. The third kappa shape index (κ3) is 3.48. The number of fused-ring (bicyclic) bond motifs is 1. The number of benzene rings is 1. The van der Waals surface area contributed by atoms with Crippen molar-refractivity contribution >= 4 is 23.9 Å². The topological polar surface area (TPSA) is 65.1 Å². The van der Waals surface area contributed by atoms with Crippen LogP contribution in [0, 0.1) is 12.8 Å². The number of carbonyl (C=O) groups is 2. The van der Waals surface area contributed by atoms with E-state index >= 15 is 0 Å². The van der Waals surface area contributed by atoms with Crippen molar-refractivity contribution in [3.63, 3.8) is 0 Å². The number of hydrogen-bond donors (Lipinski definition) is 0. The Bertz CT molecular complexity index is 786. The van der Waals surface area contributed by atoms with E-state index in [0.717, 1.165) is 32.0 Å². The maximum atomic E-state index is 12.3. The van der Waals surface area contributed by atoms with E-state index in [9.17, 15) is 9.59 Å². The molecular weight excluding hydrogens is 382 g/mol. The zero-order valence-electron chi connectivity index (χ0n) is 17.1. The van der Waals surface area contributed by atoms with Crippen molar-refractivity contribution in [2.45, 2.75) is 57.8 Å². The Morgan fingerprint density at radius 2 is 1.86 bits per heavy atom. The quantitative estimate of drug-likeness (QED) is 0.544. The van der Waals surface area contributed by atoms with Gasteiger partial charge in [-0.05, 0) is 52.3 Å². The van der Waals surface area contributed by atoms with Gasteiger partial charge in [-0.1, -0.05) is 11.6 Å². The van der Waals surface area contributed by atoms with Gasteiger partial charge < -0.3 is 23.9 Å². The summed E-state index contributed by atoms with van der Waals surface area (Å²) in [4.78, 5) is 25.8. The molecule has 7 heteroatoms. The Labute approximate surface area is 171 Å². The van der Waals surface area contributed by atoms with E-state index in [1.54, 1.807) is 6.92 Å². The first-order valence-electron chi connectivity index (χ1n) is 9.64. The Morgan fingerprint density at radius 1 is 1.25 bits per heavy atom. The van der Waals surface area contributed by atoms with Crippen LogP contribution in [0.1, 0.15) is 54.1 Å². The third-order valence-electron chi connectivity index (χ3n) is 6.14. The smallest absolute Gasteiger partial charge is 0.338 e. The third-order valence-corrected chi connectivity index (χ3v) is 6.54. The van der Waals surface area contributed by atoms with E-state index < -0.39 is 11.8 Å². The van der Waals surface area contributed by atoms with Gasteiger partial charge in [0, 0.05) is 30.9 Å². The zero-order chi connectivity index (χ0) is 20.6. The van der Waals surface area contributed by atoms with E-state index in [1.165, 1.54) is 7.11 Å². The highest BCUT2D eigenvalue weighted by atomic mass is 35.5. The fraction of sp³-hybridized carbons (Fsp3) is 0.619. The van der Waals surface area contributed by atoms with Gasteiger partial charge in [-0.3, -0.25) is 0 Å². The number of nitrogens with zero attached hydrogens (tertiary/aromatic N) is 1. The lowest BCUT2D eigenvalue weighted by Crippen LogP contribution is -2.46. The minimum atomic E-state index is -0.846. The van der Waals surface area contributed by atoms with Crippen LogP contribution in [0.25, 0.3) is 0 Å². The molecule has 0 N–H and O–H groups in total. The van der Waals surface area contributed by atoms with Crippen LogP contribution in [0.2, 0.25) is 5.02 Å². The number of aldehydes is 1. The molecule has 0 spiro atoms. The van der Waals surface area contributed by atoms with Crippen LogP contribution in [0.15, 0.2) is 0 Å². The van der Waals surface area contributed by atoms with Gasteiger partial charge >= 0.3 is 5.97 Å². The van der Waals surface area contributed by atoms with Gasteiger partial charge in [-0.2, -0.15) is 0 Å². The van der Waals surface area contributed by atoms with E-state index in [-0.39, 0.29) is 22.9 Å². The molecule has 1 heterocycles. The van der Waals surface area contributed by atoms with E-state index in [2.05, 4.69) is 19.0 Å². The van der Waals surface area contributed by atoms with Gasteiger partial charge in [0.25, 0.3) is 5.79 Å². The van der Waals surface area contributed by atoms with Crippen LogP contribution in [0.4, 0.5) is 0 Å². The van der Waals surface area contributed by atoms with Crippen molar-refractivity contribution in [3.8, 4) is 11.5 Å². The van der Waals surface area contributed by atoms with Gasteiger partial charge in [0.05, 0.1) is 17.7 Å². The molecule has 1 aliphatic carbocycles. The number of rotatable bonds is 5. The van der Waals surface area contributed by atoms with Crippen LogP contribution in [0.5, 0.6) is 11.5 Å². The normalized spacial score (nSPS) is 26.4. The second-order valence-corrected chi connectivity index (χ2v) is 8.38. The molecule has 1 unspecified atom stereocenters. The standard InChI is InChI=1S/C21H28ClNO5/c1-12-16(20(25)26-5)15(10-11-24)17(22)19-18(12)27-21(2,28-19)13-6-8-14(9-7-13)23(3)4/h11,13-14H,6-10H2,1-5H3. The number of esters is 1. The fourth-order valence-electron chi connectivity index (χ4n) is 4.43. The first-order chi connectivity index (χ1) is 13.2. The van der Waals surface area contributed by atoms with Crippen molar-refractivity contribution in [1.82, 2.24) is 4.90 Å². The van der Waals surface area contributed by atoms with Gasteiger partial charge in [-0.25, -0.2) is 4.79 Å². The highest BCUT2D eigenvalue weighted by Crippen LogP contribution is 2.53. The number of hydrogen-bond acceptors (Lipinski definition) is 6. The molecule has 0 amide bonds. The van der Waals surface area contributed by atoms with Gasteiger partial charge in [0.15, 0.2) is 11.5 Å². The summed E-state index contributed by atoms with van der Waals surface area (Å²) < 4.78 is 17.5. The molecular formula is C21H28ClNO5. The van der Waals surface area contributed by atoms with Crippen molar-refractivity contribution in [1.29, 1.82) is 0 Å². The highest BCUT2D eigenvalue weighted by molar-refractivity contribution is 6.34. The van der Waals surface area contributed by atoms with E-state index in [0.29, 0.717) is 28.7 Å². The highest BCUT2D eigenvalue weighted by Gasteiger charge is 2.48. The molecule has 0 aromatic heterocycles. The van der Waals surface area contributed by atoms with Crippen molar-refractivity contribution in [3.05, 3.63) is 21.7 Å². The predicted molar refractivity (Wildman–Crippen MR) is 106 cm³/mol. The minimum Gasteiger partial charge on any atom is -0.465 e. The monoisotopic (exact) mass is 409 g/mol. The molecule has 1 atom stereocenters. The molecule has 3 rings (SSSR count). The lowest BCUT2D eigenvalue weighted by atomic mass is 9.81. The molecule has 1 saturated carbocycles. The van der Waals surface area contributed by atoms with Crippen LogP contribution in [0.3, 0.4) is 0 Å². The summed E-state index contributed by atoms with van der Waals surface area (Å²) in [6, 6.07) is 0.569. The lowest BCUT2D eigenvalue weighted by molar-refractivity contribution is -0.123. The molecule has 28 heavy (non-hydrogen) atoms. The van der Waals surface area contributed by atoms with Crippen LogP contribution in [-0.4, -0.2) is 50.2 Å². The SMILES string of the molecule is COC(=O)c1c(C)c2c(c(Cl)c1CC=O)OC(C)(C1CCC(N(C)C)CC1)O2. The summed E-state index contributed by atoms with van der Waals surface area (Å²) in [5.74, 6) is -0.287. The molecule has 1 fully saturated rings. The predicted octanol–water partition coefficient (Wildman–Crippen LogP) is 3.78. The van der Waals surface area contributed by atoms with Crippen LogP contribution < -0.4 is 9.47 Å². The molecule has 1 aliphatic heterocycles. The molecule has 0 radical (unpaired) electrons. The van der Waals surface area contributed by atoms with E-state index in [1.807, 2.05) is 6.92 Å². The van der Waals surface area contributed by atoms with Gasteiger partial charge in [0.1, 0.15) is 6.29 Å². The van der Waals surface area contributed by atoms with Crippen LogP contribution in [-0.2, 0) is 16.0 Å². The Balaban J connectivity index is 1.95. The Morgan fingerprint density at radius 3 is 2.39 bits per heavy atom. The fourth-order valence-corrected chi connectivity index (χ4v) is 4.73. The summed E-state index contributed by atoms with van der Waals surface area (Å²) in [6.45, 7) is 3.70. The second kappa shape index (κ2) is 7.91. The summed E-state index contributed by atoms with van der Waals surface area (Å²) >= 11 is 6.56. The Kier molecular flexibility index (Phi) is 5.92. The average Bonchev–Trinajstić information content (AvgIpc) is 3.05. The maximum Gasteiger partial charge on any atom is 0.338 e. The van der Waals surface area contributed by atoms with Gasteiger partial charge in [-0.15, -0.1) is 0 Å². The molecule has 154 valence electrons. The number of halogens is 1. The molecule has 0 saturated heterocycles. The minimum absolute atomic E-state index is 0.00536. The largest absolute Gasteiger partial charge is 0.465 e. The molecule has 1 aromatic carbocycles. The van der Waals surface area contributed by atoms with Crippen molar-refractivity contribution < 1.29 is 23.8 Å². The number of carbonyl (C=O) groups excluding carboxylic acids is 2. The van der Waals surface area contributed by atoms with Gasteiger partial charge in [0.2, 0.25) is 0 Å². The summed E-state index contributed by atoms with van der Waals surface area (Å²) in [6.07, 6.45) is 4.84.